The SMILES string of the molecule is Cc1ccccc1Cc1nc(-c2cccc(N)c2)cc(=O)[nH]1. The second-order valence-corrected chi connectivity index (χ2v) is 5.31. The number of nitrogen functional groups attached to an aromatic ring is 1. The van der Waals surface area contributed by atoms with E-state index in [4.69, 9.17) is 5.73 Å². The molecule has 110 valence electrons. The molecule has 4 heteroatoms. The molecule has 2 aromatic carbocycles. The molecule has 0 aliphatic heterocycles. The zero-order chi connectivity index (χ0) is 15.5. The molecule has 0 saturated carbocycles. The molecule has 0 aliphatic carbocycles. The number of aromatic nitrogens is 2. The molecular formula is C18H17N3O. The van der Waals surface area contributed by atoms with E-state index in [0.29, 0.717) is 23.6 Å². The van der Waals surface area contributed by atoms with E-state index in [1.54, 1.807) is 0 Å². The third-order valence-electron chi connectivity index (χ3n) is 3.59. The van der Waals surface area contributed by atoms with Gasteiger partial charge < -0.3 is 10.7 Å². The lowest BCUT2D eigenvalue weighted by molar-refractivity contribution is 0.944. The first-order valence-electron chi connectivity index (χ1n) is 7.12. The Morgan fingerprint density at radius 2 is 1.91 bits per heavy atom. The van der Waals surface area contributed by atoms with Crippen molar-refractivity contribution in [3.05, 3.63) is 81.9 Å². The highest BCUT2D eigenvalue weighted by molar-refractivity contribution is 5.63. The molecular weight excluding hydrogens is 274 g/mol. The van der Waals surface area contributed by atoms with Crippen LogP contribution in [-0.2, 0) is 6.42 Å². The highest BCUT2D eigenvalue weighted by Crippen LogP contribution is 2.19. The molecule has 3 N–H and O–H groups in total. The molecule has 0 atom stereocenters. The molecule has 3 aromatic rings. The van der Waals surface area contributed by atoms with Crippen LogP contribution in [0.25, 0.3) is 11.3 Å². The Morgan fingerprint density at radius 1 is 1.09 bits per heavy atom. The summed E-state index contributed by atoms with van der Waals surface area (Å²) < 4.78 is 0. The van der Waals surface area contributed by atoms with E-state index in [-0.39, 0.29) is 5.56 Å². The first kappa shape index (κ1) is 14.1. The first-order valence-corrected chi connectivity index (χ1v) is 7.12. The van der Waals surface area contributed by atoms with Crippen molar-refractivity contribution in [2.24, 2.45) is 0 Å². The summed E-state index contributed by atoms with van der Waals surface area (Å²) in [7, 11) is 0. The average Bonchev–Trinajstić information content (AvgIpc) is 2.49. The zero-order valence-corrected chi connectivity index (χ0v) is 12.3. The number of nitrogens with two attached hydrogens (primary N) is 1. The predicted octanol–water partition coefficient (Wildman–Crippen LogP) is 2.92. The normalized spacial score (nSPS) is 10.6. The van der Waals surface area contributed by atoms with Crippen LogP contribution in [0.2, 0.25) is 0 Å². The summed E-state index contributed by atoms with van der Waals surface area (Å²) in [6.45, 7) is 2.05. The molecule has 1 aromatic heterocycles. The van der Waals surface area contributed by atoms with E-state index in [2.05, 4.69) is 23.0 Å². The highest BCUT2D eigenvalue weighted by Gasteiger charge is 2.06. The Hall–Kier alpha value is -2.88. The fourth-order valence-electron chi connectivity index (χ4n) is 2.43. The van der Waals surface area contributed by atoms with E-state index in [9.17, 15) is 4.79 Å². The van der Waals surface area contributed by atoms with Crippen molar-refractivity contribution < 1.29 is 0 Å². The topological polar surface area (TPSA) is 71.8 Å². The van der Waals surface area contributed by atoms with Gasteiger partial charge >= 0.3 is 0 Å². The molecule has 4 nitrogen and oxygen atoms in total. The molecule has 0 fully saturated rings. The summed E-state index contributed by atoms with van der Waals surface area (Å²) >= 11 is 0. The molecule has 0 radical (unpaired) electrons. The van der Waals surface area contributed by atoms with Gasteiger partial charge in [-0.15, -0.1) is 0 Å². The van der Waals surface area contributed by atoms with Gasteiger partial charge in [-0.2, -0.15) is 0 Å². The van der Waals surface area contributed by atoms with Crippen molar-refractivity contribution in [3.8, 4) is 11.3 Å². The Labute approximate surface area is 128 Å². The van der Waals surface area contributed by atoms with Crippen LogP contribution in [-0.4, -0.2) is 9.97 Å². The Balaban J connectivity index is 2.00. The minimum absolute atomic E-state index is 0.156. The van der Waals surface area contributed by atoms with Crippen LogP contribution in [0.1, 0.15) is 17.0 Å². The summed E-state index contributed by atoms with van der Waals surface area (Å²) in [5.41, 5.74) is 10.1. The maximum Gasteiger partial charge on any atom is 0.251 e. The van der Waals surface area contributed by atoms with Crippen molar-refractivity contribution in [1.29, 1.82) is 0 Å². The van der Waals surface area contributed by atoms with Crippen LogP contribution in [0.3, 0.4) is 0 Å². The number of aromatic amines is 1. The van der Waals surface area contributed by atoms with Gasteiger partial charge in [0.1, 0.15) is 5.82 Å². The molecule has 0 unspecified atom stereocenters. The largest absolute Gasteiger partial charge is 0.399 e. The van der Waals surface area contributed by atoms with Crippen molar-refractivity contribution in [1.82, 2.24) is 9.97 Å². The first-order chi connectivity index (χ1) is 10.6. The number of hydrogen-bond donors (Lipinski definition) is 2. The van der Waals surface area contributed by atoms with Crippen LogP contribution in [0.5, 0.6) is 0 Å². The van der Waals surface area contributed by atoms with Crippen molar-refractivity contribution in [2.75, 3.05) is 5.73 Å². The molecule has 0 spiro atoms. The van der Waals surface area contributed by atoms with Crippen molar-refractivity contribution in [3.63, 3.8) is 0 Å². The quantitative estimate of drug-likeness (QED) is 0.729. The summed E-state index contributed by atoms with van der Waals surface area (Å²) in [6, 6.07) is 17.0. The Bertz CT molecular complexity index is 868. The van der Waals surface area contributed by atoms with Crippen molar-refractivity contribution >= 4 is 5.69 Å². The van der Waals surface area contributed by atoms with Gasteiger partial charge in [0.15, 0.2) is 0 Å². The van der Waals surface area contributed by atoms with Gasteiger partial charge in [0.05, 0.1) is 5.69 Å². The van der Waals surface area contributed by atoms with Gasteiger partial charge in [-0.1, -0.05) is 36.4 Å². The molecule has 0 bridgehead atoms. The Morgan fingerprint density at radius 3 is 2.68 bits per heavy atom. The van der Waals surface area contributed by atoms with Crippen LogP contribution >= 0.6 is 0 Å². The third-order valence-corrected chi connectivity index (χ3v) is 3.59. The maximum absolute atomic E-state index is 11.9. The lowest BCUT2D eigenvalue weighted by Crippen LogP contribution is -2.12. The number of hydrogen-bond acceptors (Lipinski definition) is 3. The van der Waals surface area contributed by atoms with Crippen LogP contribution in [0.4, 0.5) is 5.69 Å². The van der Waals surface area contributed by atoms with Crippen LogP contribution in [0, 0.1) is 6.92 Å². The number of anilines is 1. The van der Waals surface area contributed by atoms with E-state index in [0.717, 1.165) is 11.1 Å². The van der Waals surface area contributed by atoms with Gasteiger partial charge in [0.25, 0.3) is 5.56 Å². The minimum Gasteiger partial charge on any atom is -0.399 e. The van der Waals surface area contributed by atoms with Gasteiger partial charge in [-0.3, -0.25) is 4.79 Å². The average molecular weight is 291 g/mol. The second-order valence-electron chi connectivity index (χ2n) is 5.31. The molecule has 3 rings (SSSR count). The van der Waals surface area contributed by atoms with Gasteiger partial charge in [-0.25, -0.2) is 4.98 Å². The number of nitrogens with zero attached hydrogens (tertiary/aromatic N) is 1. The summed E-state index contributed by atoms with van der Waals surface area (Å²) in [4.78, 5) is 19.3. The second kappa shape index (κ2) is 5.85. The molecule has 0 aliphatic rings. The van der Waals surface area contributed by atoms with E-state index < -0.39 is 0 Å². The van der Waals surface area contributed by atoms with E-state index >= 15 is 0 Å². The lowest BCUT2D eigenvalue weighted by Gasteiger charge is -2.07. The van der Waals surface area contributed by atoms with Gasteiger partial charge in [-0.05, 0) is 30.2 Å². The predicted molar refractivity (Wildman–Crippen MR) is 88.7 cm³/mol. The standard InChI is InChI=1S/C18H17N3O/c1-12-5-2-3-6-13(12)10-17-20-16(11-18(22)21-17)14-7-4-8-15(19)9-14/h2-9,11H,10,19H2,1H3,(H,20,21,22). The molecule has 0 amide bonds. The number of H-pyrrole nitrogens is 1. The minimum atomic E-state index is -0.156. The van der Waals surface area contributed by atoms with Crippen molar-refractivity contribution in [2.45, 2.75) is 13.3 Å². The number of rotatable bonds is 3. The molecule has 22 heavy (non-hydrogen) atoms. The van der Waals surface area contributed by atoms with E-state index in [1.807, 2.05) is 42.5 Å². The molecule has 0 saturated heterocycles. The van der Waals surface area contributed by atoms with Crippen LogP contribution < -0.4 is 11.3 Å². The third kappa shape index (κ3) is 3.06. The lowest BCUT2D eigenvalue weighted by atomic mass is 10.1. The smallest absolute Gasteiger partial charge is 0.251 e. The van der Waals surface area contributed by atoms with Crippen LogP contribution in [0.15, 0.2) is 59.4 Å². The van der Waals surface area contributed by atoms with E-state index in [1.165, 1.54) is 11.6 Å². The maximum atomic E-state index is 11.9. The summed E-state index contributed by atoms with van der Waals surface area (Å²) in [6.07, 6.45) is 0.595. The number of nitrogens with one attached hydrogen (secondary N) is 1. The monoisotopic (exact) mass is 291 g/mol. The van der Waals surface area contributed by atoms with Gasteiger partial charge in [0, 0.05) is 23.7 Å². The number of benzene rings is 2. The summed E-state index contributed by atoms with van der Waals surface area (Å²) in [5.74, 6) is 0.652. The highest BCUT2D eigenvalue weighted by atomic mass is 16.1. The zero-order valence-electron chi connectivity index (χ0n) is 12.3. The summed E-state index contributed by atoms with van der Waals surface area (Å²) in [5, 5.41) is 0. The fraction of sp³-hybridized carbons (Fsp3) is 0.111. The number of aryl methyl sites for hydroxylation is 1. The van der Waals surface area contributed by atoms with Gasteiger partial charge in [0.2, 0.25) is 0 Å². The molecule has 1 heterocycles. The fourth-order valence-corrected chi connectivity index (χ4v) is 2.43. The Kier molecular flexibility index (Phi) is 3.74.